The Bertz CT molecular complexity index is 538. The summed E-state index contributed by atoms with van der Waals surface area (Å²) in [4.78, 5) is 27.7. The van der Waals surface area contributed by atoms with E-state index in [2.05, 4.69) is 10.6 Å². The Morgan fingerprint density at radius 2 is 1.42 bits per heavy atom. The summed E-state index contributed by atoms with van der Waals surface area (Å²) in [6.45, 7) is 4.84. The fourth-order valence-electron chi connectivity index (χ4n) is 2.24. The van der Waals surface area contributed by atoms with Gasteiger partial charge in [0.15, 0.2) is 0 Å². The number of hydrogen-bond acceptors (Lipinski definition) is 4. The first-order chi connectivity index (χ1) is 11.2. The van der Waals surface area contributed by atoms with Crippen molar-refractivity contribution in [1.29, 1.82) is 0 Å². The monoisotopic (exact) mass is 334 g/mol. The van der Waals surface area contributed by atoms with Crippen LogP contribution < -0.4 is 15.5 Å². The highest BCUT2D eigenvalue weighted by Gasteiger charge is 2.18. The average Bonchev–Trinajstić information content (AvgIpc) is 2.52. The Morgan fingerprint density at radius 3 is 1.83 bits per heavy atom. The molecular weight excluding hydrogens is 304 g/mol. The van der Waals surface area contributed by atoms with E-state index in [0.717, 1.165) is 11.3 Å². The maximum absolute atomic E-state index is 11.9. The number of anilines is 1. The van der Waals surface area contributed by atoms with Crippen LogP contribution in [0.3, 0.4) is 0 Å². The van der Waals surface area contributed by atoms with E-state index in [1.54, 1.807) is 0 Å². The normalized spacial score (nSPS) is 12.2. The van der Waals surface area contributed by atoms with Crippen molar-refractivity contribution >= 4 is 17.5 Å². The molecule has 1 aromatic carbocycles. The zero-order valence-corrected chi connectivity index (χ0v) is 15.6. The fraction of sp³-hybridized carbons (Fsp3) is 0.556. The summed E-state index contributed by atoms with van der Waals surface area (Å²) in [5.41, 5.74) is 2.21. The highest BCUT2D eigenvalue weighted by Crippen LogP contribution is 2.20. The summed E-state index contributed by atoms with van der Waals surface area (Å²) in [6.07, 6.45) is 0. The van der Waals surface area contributed by atoms with Crippen LogP contribution in [0.4, 0.5) is 5.69 Å². The second-order valence-corrected chi connectivity index (χ2v) is 6.78. The molecule has 0 saturated heterocycles. The molecule has 0 unspecified atom stereocenters. The van der Waals surface area contributed by atoms with Gasteiger partial charge in [-0.1, -0.05) is 26.0 Å². The van der Waals surface area contributed by atoms with Crippen molar-refractivity contribution in [3.8, 4) is 0 Å². The summed E-state index contributed by atoms with van der Waals surface area (Å²) >= 11 is 0. The molecule has 2 N–H and O–H groups in total. The van der Waals surface area contributed by atoms with E-state index in [0.29, 0.717) is 19.0 Å². The lowest BCUT2D eigenvalue weighted by atomic mass is 10.1. The molecule has 0 radical (unpaired) electrons. The molecule has 134 valence electrons. The van der Waals surface area contributed by atoms with Crippen LogP contribution in [0.1, 0.15) is 25.5 Å². The van der Waals surface area contributed by atoms with E-state index in [9.17, 15) is 9.59 Å². The maximum Gasteiger partial charge on any atom is 0.309 e. The molecule has 24 heavy (non-hydrogen) atoms. The Balaban J connectivity index is 2.66. The van der Waals surface area contributed by atoms with Gasteiger partial charge in [-0.05, 0) is 37.7 Å². The number of likely N-dealkylation sites (N-methyl/N-ethyl adjacent to an activating group) is 1. The largest absolute Gasteiger partial charge is 0.378 e. The number of nitrogens with one attached hydrogen (secondary N) is 2. The van der Waals surface area contributed by atoms with Crippen LogP contribution >= 0.6 is 0 Å². The van der Waals surface area contributed by atoms with Crippen molar-refractivity contribution in [2.75, 3.05) is 46.2 Å². The van der Waals surface area contributed by atoms with Crippen LogP contribution in [0.2, 0.25) is 0 Å². The second-order valence-electron chi connectivity index (χ2n) is 6.78. The molecule has 1 aromatic rings. The minimum absolute atomic E-state index is 0.00283. The van der Waals surface area contributed by atoms with Crippen molar-refractivity contribution in [2.45, 2.75) is 19.9 Å². The first-order valence-corrected chi connectivity index (χ1v) is 8.22. The lowest BCUT2D eigenvalue weighted by molar-refractivity contribution is -0.139. The zero-order valence-electron chi connectivity index (χ0n) is 15.6. The standard InChI is InChI=1S/C18H30N4O2/c1-13(2)11-19-17(23)18(24)20-12-16(22(5)6)14-7-9-15(10-8-14)21(3)4/h7-10,13,16H,11-12H2,1-6H3,(H,19,23)(H,20,24)/t16-/m0/s1. The van der Waals surface area contributed by atoms with Crippen molar-refractivity contribution in [2.24, 2.45) is 5.92 Å². The van der Waals surface area contributed by atoms with Gasteiger partial charge in [-0.3, -0.25) is 9.59 Å². The highest BCUT2D eigenvalue weighted by molar-refractivity contribution is 6.35. The number of nitrogens with zero attached hydrogens (tertiary/aromatic N) is 2. The summed E-state index contributed by atoms with van der Waals surface area (Å²) in [7, 11) is 7.90. The summed E-state index contributed by atoms with van der Waals surface area (Å²) < 4.78 is 0. The van der Waals surface area contributed by atoms with E-state index >= 15 is 0 Å². The van der Waals surface area contributed by atoms with Crippen LogP contribution in [-0.4, -0.2) is 58.0 Å². The SMILES string of the molecule is CC(C)CNC(=O)C(=O)NC[C@@H](c1ccc(N(C)C)cc1)N(C)C. The molecule has 0 aliphatic rings. The minimum Gasteiger partial charge on any atom is -0.378 e. The van der Waals surface area contributed by atoms with Crippen LogP contribution in [0.25, 0.3) is 0 Å². The van der Waals surface area contributed by atoms with Crippen molar-refractivity contribution in [3.05, 3.63) is 29.8 Å². The van der Waals surface area contributed by atoms with E-state index in [1.165, 1.54) is 0 Å². The van der Waals surface area contributed by atoms with Crippen LogP contribution in [-0.2, 0) is 9.59 Å². The van der Waals surface area contributed by atoms with Gasteiger partial charge in [0.1, 0.15) is 0 Å². The molecule has 0 saturated carbocycles. The topological polar surface area (TPSA) is 64.7 Å². The number of hydrogen-bond donors (Lipinski definition) is 2. The average molecular weight is 334 g/mol. The summed E-state index contributed by atoms with van der Waals surface area (Å²) in [6, 6.07) is 8.19. The van der Waals surface area contributed by atoms with Crippen LogP contribution in [0.15, 0.2) is 24.3 Å². The van der Waals surface area contributed by atoms with Gasteiger partial charge in [0.2, 0.25) is 0 Å². The highest BCUT2D eigenvalue weighted by atomic mass is 16.2. The molecule has 6 nitrogen and oxygen atoms in total. The van der Waals surface area contributed by atoms with Crippen LogP contribution in [0.5, 0.6) is 0 Å². The molecule has 0 bridgehead atoms. The molecule has 1 atom stereocenters. The molecular formula is C18H30N4O2. The van der Waals surface area contributed by atoms with Gasteiger partial charge in [0.25, 0.3) is 0 Å². The van der Waals surface area contributed by atoms with Gasteiger partial charge in [-0.2, -0.15) is 0 Å². The van der Waals surface area contributed by atoms with Gasteiger partial charge >= 0.3 is 11.8 Å². The third-order valence-electron chi connectivity index (χ3n) is 3.75. The molecule has 2 amide bonds. The predicted molar refractivity (Wildman–Crippen MR) is 98.1 cm³/mol. The van der Waals surface area contributed by atoms with Gasteiger partial charge < -0.3 is 20.4 Å². The minimum atomic E-state index is -0.590. The Morgan fingerprint density at radius 1 is 0.917 bits per heavy atom. The quantitative estimate of drug-likeness (QED) is 0.737. The first-order valence-electron chi connectivity index (χ1n) is 8.22. The number of rotatable bonds is 7. The Kier molecular flexibility index (Phi) is 7.71. The van der Waals surface area contributed by atoms with Gasteiger partial charge in [0.05, 0.1) is 6.04 Å². The molecule has 0 fully saturated rings. The smallest absolute Gasteiger partial charge is 0.309 e. The third-order valence-corrected chi connectivity index (χ3v) is 3.75. The Labute approximate surface area is 145 Å². The van der Waals surface area contributed by atoms with Crippen molar-refractivity contribution < 1.29 is 9.59 Å². The van der Waals surface area contributed by atoms with E-state index in [-0.39, 0.29) is 6.04 Å². The number of benzene rings is 1. The van der Waals surface area contributed by atoms with E-state index in [1.807, 2.05) is 76.1 Å². The van der Waals surface area contributed by atoms with Crippen LogP contribution in [0, 0.1) is 5.92 Å². The predicted octanol–water partition coefficient (Wildman–Crippen LogP) is 1.24. The molecule has 1 rings (SSSR count). The molecule has 0 aliphatic carbocycles. The number of carbonyl (C=O) groups excluding carboxylic acids is 2. The summed E-state index contributed by atoms with van der Waals surface area (Å²) in [5.74, 6) is -0.858. The fourth-order valence-corrected chi connectivity index (χ4v) is 2.24. The molecule has 0 spiro atoms. The van der Waals surface area contributed by atoms with E-state index in [4.69, 9.17) is 0 Å². The Hall–Kier alpha value is -2.08. The van der Waals surface area contributed by atoms with E-state index < -0.39 is 11.8 Å². The number of amides is 2. The van der Waals surface area contributed by atoms with Gasteiger partial charge in [-0.15, -0.1) is 0 Å². The van der Waals surface area contributed by atoms with Gasteiger partial charge in [-0.25, -0.2) is 0 Å². The molecule has 0 heterocycles. The van der Waals surface area contributed by atoms with Crippen molar-refractivity contribution in [3.63, 3.8) is 0 Å². The molecule has 6 heteroatoms. The van der Waals surface area contributed by atoms with Crippen molar-refractivity contribution in [1.82, 2.24) is 15.5 Å². The molecule has 0 aliphatic heterocycles. The maximum atomic E-state index is 11.9. The summed E-state index contributed by atoms with van der Waals surface area (Å²) in [5, 5.41) is 5.34. The lowest BCUT2D eigenvalue weighted by Gasteiger charge is -2.25. The first kappa shape index (κ1) is 20.0. The van der Waals surface area contributed by atoms with Gasteiger partial charge in [0, 0.05) is 32.9 Å². The third kappa shape index (κ3) is 6.20. The second kappa shape index (κ2) is 9.27. The molecule has 0 aromatic heterocycles. The zero-order chi connectivity index (χ0) is 18.3. The lowest BCUT2D eigenvalue weighted by Crippen LogP contribution is -2.43. The number of carbonyl (C=O) groups is 2.